The van der Waals surface area contributed by atoms with Gasteiger partial charge in [0.05, 0.1) is 24.6 Å². The van der Waals surface area contributed by atoms with Crippen LogP contribution >= 0.6 is 11.6 Å². The van der Waals surface area contributed by atoms with Crippen molar-refractivity contribution in [1.29, 1.82) is 0 Å². The van der Waals surface area contributed by atoms with E-state index in [-0.39, 0.29) is 6.61 Å². The van der Waals surface area contributed by atoms with Gasteiger partial charge >= 0.3 is 0 Å². The summed E-state index contributed by atoms with van der Waals surface area (Å²) in [7, 11) is 0. The average molecular weight is 271 g/mol. The van der Waals surface area contributed by atoms with E-state index in [0.29, 0.717) is 0 Å². The fourth-order valence-corrected chi connectivity index (χ4v) is 2.20. The van der Waals surface area contributed by atoms with Gasteiger partial charge in [-0.3, -0.25) is 0 Å². The number of anilines is 2. The number of halogens is 1. The van der Waals surface area contributed by atoms with Crippen molar-refractivity contribution in [2.75, 3.05) is 49.7 Å². The second-order valence-corrected chi connectivity index (χ2v) is 4.70. The summed E-state index contributed by atoms with van der Waals surface area (Å²) < 4.78 is 5.36. The Bertz CT molecular complexity index is 381. The third-order valence-corrected chi connectivity index (χ3v) is 3.20. The molecule has 0 saturated carbocycles. The minimum absolute atomic E-state index is 0.195. The van der Waals surface area contributed by atoms with Crippen LogP contribution in [0.1, 0.15) is 6.42 Å². The molecule has 0 atom stereocenters. The van der Waals surface area contributed by atoms with Gasteiger partial charge in [0, 0.05) is 31.3 Å². The van der Waals surface area contributed by atoms with Crippen LogP contribution in [0.15, 0.2) is 18.2 Å². The van der Waals surface area contributed by atoms with Gasteiger partial charge in [-0.05, 0) is 24.6 Å². The predicted molar refractivity (Wildman–Crippen MR) is 74.7 cm³/mol. The van der Waals surface area contributed by atoms with Crippen molar-refractivity contribution in [3.63, 3.8) is 0 Å². The van der Waals surface area contributed by atoms with Crippen molar-refractivity contribution in [2.24, 2.45) is 0 Å². The molecule has 4 nitrogen and oxygen atoms in total. The zero-order valence-electron chi connectivity index (χ0n) is 10.4. The van der Waals surface area contributed by atoms with Crippen LogP contribution in [0.2, 0.25) is 5.02 Å². The maximum atomic E-state index is 8.82. The molecule has 2 N–H and O–H groups in total. The van der Waals surface area contributed by atoms with Crippen LogP contribution in [0.4, 0.5) is 11.4 Å². The second kappa shape index (κ2) is 6.83. The van der Waals surface area contributed by atoms with Gasteiger partial charge in [0.2, 0.25) is 0 Å². The van der Waals surface area contributed by atoms with Crippen LogP contribution in [0.25, 0.3) is 0 Å². The Kier molecular flexibility index (Phi) is 5.11. The third kappa shape index (κ3) is 3.51. The molecule has 0 aromatic heterocycles. The van der Waals surface area contributed by atoms with E-state index in [1.54, 1.807) is 0 Å². The van der Waals surface area contributed by atoms with Crippen LogP contribution in [0, 0.1) is 0 Å². The molecule has 1 heterocycles. The maximum Gasteiger partial charge on any atom is 0.0642 e. The van der Waals surface area contributed by atoms with E-state index in [9.17, 15) is 0 Å². The number of rotatable bonds is 5. The van der Waals surface area contributed by atoms with Crippen molar-refractivity contribution in [1.82, 2.24) is 0 Å². The highest BCUT2D eigenvalue weighted by molar-refractivity contribution is 6.31. The number of aliphatic hydroxyl groups is 1. The summed E-state index contributed by atoms with van der Waals surface area (Å²) in [5, 5.41) is 12.9. The van der Waals surface area contributed by atoms with Crippen LogP contribution < -0.4 is 10.2 Å². The lowest BCUT2D eigenvalue weighted by atomic mass is 10.2. The van der Waals surface area contributed by atoms with Gasteiger partial charge in [0.25, 0.3) is 0 Å². The van der Waals surface area contributed by atoms with E-state index in [1.165, 1.54) is 0 Å². The first-order valence-corrected chi connectivity index (χ1v) is 6.66. The van der Waals surface area contributed by atoms with E-state index >= 15 is 0 Å². The lowest BCUT2D eigenvalue weighted by Crippen LogP contribution is -2.36. The highest BCUT2D eigenvalue weighted by atomic mass is 35.5. The Labute approximate surface area is 113 Å². The minimum atomic E-state index is 0.195. The summed E-state index contributed by atoms with van der Waals surface area (Å²) in [5.74, 6) is 0. The van der Waals surface area contributed by atoms with Crippen molar-refractivity contribution in [2.45, 2.75) is 6.42 Å². The molecule has 1 aliphatic heterocycles. The maximum absolute atomic E-state index is 8.82. The van der Waals surface area contributed by atoms with E-state index in [4.69, 9.17) is 21.4 Å². The lowest BCUT2D eigenvalue weighted by Gasteiger charge is -2.30. The number of benzene rings is 1. The SMILES string of the molecule is OCCCNc1cc(Cl)ccc1N1CCOCC1. The minimum Gasteiger partial charge on any atom is -0.396 e. The number of nitrogens with zero attached hydrogens (tertiary/aromatic N) is 1. The average Bonchev–Trinajstić information content (AvgIpc) is 2.40. The van der Waals surface area contributed by atoms with Gasteiger partial charge in [-0.1, -0.05) is 11.6 Å². The van der Waals surface area contributed by atoms with Gasteiger partial charge in [-0.2, -0.15) is 0 Å². The zero-order valence-corrected chi connectivity index (χ0v) is 11.1. The molecule has 100 valence electrons. The molecule has 1 aromatic carbocycles. The van der Waals surface area contributed by atoms with E-state index in [1.807, 2.05) is 18.2 Å². The highest BCUT2D eigenvalue weighted by Gasteiger charge is 2.14. The largest absolute Gasteiger partial charge is 0.396 e. The van der Waals surface area contributed by atoms with Crippen molar-refractivity contribution in [3.05, 3.63) is 23.2 Å². The summed E-state index contributed by atoms with van der Waals surface area (Å²) in [5.41, 5.74) is 2.18. The molecule has 0 spiro atoms. The van der Waals surface area contributed by atoms with Crippen LogP contribution in [0.5, 0.6) is 0 Å². The van der Waals surface area contributed by atoms with Gasteiger partial charge in [-0.25, -0.2) is 0 Å². The Morgan fingerprint density at radius 1 is 1.33 bits per heavy atom. The number of hydrogen-bond acceptors (Lipinski definition) is 4. The fraction of sp³-hybridized carbons (Fsp3) is 0.538. The quantitative estimate of drug-likeness (QED) is 0.803. The summed E-state index contributed by atoms with van der Waals surface area (Å²) in [6, 6.07) is 5.88. The monoisotopic (exact) mass is 270 g/mol. The predicted octanol–water partition coefficient (Wildman–Crippen LogP) is 1.97. The molecule has 0 radical (unpaired) electrons. The molecule has 2 rings (SSSR count). The number of hydrogen-bond donors (Lipinski definition) is 2. The van der Waals surface area contributed by atoms with Gasteiger partial charge in [-0.15, -0.1) is 0 Å². The third-order valence-electron chi connectivity index (χ3n) is 2.96. The Morgan fingerprint density at radius 2 is 2.11 bits per heavy atom. The normalized spacial score (nSPS) is 15.8. The molecule has 1 saturated heterocycles. The number of nitrogens with one attached hydrogen (secondary N) is 1. The van der Waals surface area contributed by atoms with E-state index in [2.05, 4.69) is 10.2 Å². The molecule has 1 fully saturated rings. The van der Waals surface area contributed by atoms with Gasteiger partial charge in [0.15, 0.2) is 0 Å². The van der Waals surface area contributed by atoms with Crippen molar-refractivity contribution >= 4 is 23.0 Å². The summed E-state index contributed by atoms with van der Waals surface area (Å²) in [6.45, 7) is 4.26. The summed E-state index contributed by atoms with van der Waals surface area (Å²) >= 11 is 6.04. The first kappa shape index (κ1) is 13.5. The smallest absolute Gasteiger partial charge is 0.0642 e. The highest BCUT2D eigenvalue weighted by Crippen LogP contribution is 2.29. The Hall–Kier alpha value is -0.970. The van der Waals surface area contributed by atoms with Crippen molar-refractivity contribution in [3.8, 4) is 0 Å². The Morgan fingerprint density at radius 3 is 2.83 bits per heavy atom. The molecule has 0 unspecified atom stereocenters. The first-order chi connectivity index (χ1) is 8.81. The second-order valence-electron chi connectivity index (χ2n) is 4.26. The number of aliphatic hydroxyl groups excluding tert-OH is 1. The molecule has 0 bridgehead atoms. The van der Waals surface area contributed by atoms with Gasteiger partial charge in [0.1, 0.15) is 0 Å². The van der Waals surface area contributed by atoms with Crippen LogP contribution in [-0.2, 0) is 4.74 Å². The fourth-order valence-electron chi connectivity index (χ4n) is 2.03. The van der Waals surface area contributed by atoms with Crippen LogP contribution in [0.3, 0.4) is 0 Å². The Balaban J connectivity index is 2.11. The lowest BCUT2D eigenvalue weighted by molar-refractivity contribution is 0.123. The van der Waals surface area contributed by atoms with E-state index in [0.717, 1.165) is 55.7 Å². The molecule has 1 aromatic rings. The molecule has 0 aliphatic carbocycles. The first-order valence-electron chi connectivity index (χ1n) is 6.28. The molecule has 0 amide bonds. The topological polar surface area (TPSA) is 44.7 Å². The number of morpholine rings is 1. The molecular formula is C13H19ClN2O2. The van der Waals surface area contributed by atoms with Gasteiger partial charge < -0.3 is 20.1 Å². The molecule has 5 heteroatoms. The summed E-state index contributed by atoms with van der Waals surface area (Å²) in [4.78, 5) is 2.29. The van der Waals surface area contributed by atoms with Crippen molar-refractivity contribution < 1.29 is 9.84 Å². The number of ether oxygens (including phenoxy) is 1. The van der Waals surface area contributed by atoms with E-state index < -0.39 is 0 Å². The molecule has 18 heavy (non-hydrogen) atoms. The molecule has 1 aliphatic rings. The molecular weight excluding hydrogens is 252 g/mol. The standard InChI is InChI=1S/C13H19ClN2O2/c14-11-2-3-13(16-5-8-18-9-6-16)12(10-11)15-4-1-7-17/h2-3,10,15,17H,1,4-9H2. The zero-order chi connectivity index (χ0) is 12.8. The van der Waals surface area contributed by atoms with Crippen LogP contribution in [-0.4, -0.2) is 44.6 Å². The summed E-state index contributed by atoms with van der Waals surface area (Å²) in [6.07, 6.45) is 0.731.